The maximum absolute atomic E-state index is 13.5. The largest absolute Gasteiger partial charge is 0.366 e. The van der Waals surface area contributed by atoms with Crippen molar-refractivity contribution in [3.05, 3.63) is 29.6 Å². The molecule has 4 heteroatoms. The Morgan fingerprint density at radius 1 is 1.56 bits per heavy atom. The monoisotopic (exact) mass is 219 g/mol. The first-order valence-corrected chi connectivity index (χ1v) is 5.39. The van der Waals surface area contributed by atoms with Crippen molar-refractivity contribution in [2.24, 2.45) is 0 Å². The first-order chi connectivity index (χ1) is 7.72. The normalized spacial score (nSPS) is 20.6. The summed E-state index contributed by atoms with van der Waals surface area (Å²) in [4.78, 5) is 2.15. The maximum Gasteiger partial charge on any atom is 0.143 e. The van der Waals surface area contributed by atoms with Crippen LogP contribution in [-0.2, 0) is 0 Å². The number of anilines is 1. The molecule has 0 spiro atoms. The Morgan fingerprint density at radius 3 is 3.00 bits per heavy atom. The molecule has 0 saturated carbocycles. The molecule has 0 aromatic heterocycles. The van der Waals surface area contributed by atoms with Crippen LogP contribution in [0.3, 0.4) is 0 Å². The van der Waals surface area contributed by atoms with Gasteiger partial charge in [0, 0.05) is 31.4 Å². The zero-order chi connectivity index (χ0) is 11.5. The summed E-state index contributed by atoms with van der Waals surface area (Å²) >= 11 is 0. The molecule has 0 amide bonds. The first-order valence-electron chi connectivity index (χ1n) is 5.39. The van der Waals surface area contributed by atoms with Crippen molar-refractivity contribution in [3.8, 4) is 6.07 Å². The quantitative estimate of drug-likeness (QED) is 0.778. The van der Waals surface area contributed by atoms with E-state index in [1.54, 1.807) is 6.07 Å². The van der Waals surface area contributed by atoms with Gasteiger partial charge in [0.15, 0.2) is 0 Å². The second-order valence-corrected chi connectivity index (χ2v) is 4.02. The second kappa shape index (κ2) is 4.50. The molecule has 1 heterocycles. The van der Waals surface area contributed by atoms with E-state index in [-0.39, 0.29) is 5.56 Å². The lowest BCUT2D eigenvalue weighted by Crippen LogP contribution is -2.49. The van der Waals surface area contributed by atoms with Crippen LogP contribution in [0.25, 0.3) is 0 Å². The van der Waals surface area contributed by atoms with Gasteiger partial charge in [0.25, 0.3) is 0 Å². The van der Waals surface area contributed by atoms with E-state index in [1.165, 1.54) is 6.07 Å². The third-order valence-electron chi connectivity index (χ3n) is 2.91. The van der Waals surface area contributed by atoms with Crippen molar-refractivity contribution in [2.45, 2.75) is 13.0 Å². The van der Waals surface area contributed by atoms with Gasteiger partial charge in [-0.15, -0.1) is 0 Å². The Bertz CT molecular complexity index is 425. The third kappa shape index (κ3) is 2.00. The minimum Gasteiger partial charge on any atom is -0.366 e. The SMILES string of the molecule is C[C@H]1CNCCN1c1ccc(C#N)c(F)c1. The fraction of sp³-hybridized carbons (Fsp3) is 0.417. The highest BCUT2D eigenvalue weighted by molar-refractivity contribution is 5.51. The van der Waals surface area contributed by atoms with Crippen LogP contribution in [0.1, 0.15) is 12.5 Å². The molecule has 0 radical (unpaired) electrons. The third-order valence-corrected chi connectivity index (χ3v) is 2.91. The molecule has 1 fully saturated rings. The molecule has 1 aromatic carbocycles. The number of rotatable bonds is 1. The number of piperazine rings is 1. The molecule has 1 aliphatic heterocycles. The fourth-order valence-corrected chi connectivity index (χ4v) is 2.00. The summed E-state index contributed by atoms with van der Waals surface area (Å²) in [7, 11) is 0. The summed E-state index contributed by atoms with van der Waals surface area (Å²) in [5.74, 6) is -0.439. The highest BCUT2D eigenvalue weighted by atomic mass is 19.1. The zero-order valence-electron chi connectivity index (χ0n) is 9.20. The van der Waals surface area contributed by atoms with E-state index >= 15 is 0 Å². The summed E-state index contributed by atoms with van der Waals surface area (Å²) < 4.78 is 13.5. The molecule has 16 heavy (non-hydrogen) atoms. The Kier molecular flexibility index (Phi) is 3.07. The molecule has 2 rings (SSSR count). The van der Waals surface area contributed by atoms with Crippen LogP contribution in [0.15, 0.2) is 18.2 Å². The molecule has 1 aromatic rings. The molecule has 1 aliphatic rings. The van der Waals surface area contributed by atoms with Crippen molar-refractivity contribution in [1.82, 2.24) is 5.32 Å². The van der Waals surface area contributed by atoms with Crippen LogP contribution < -0.4 is 10.2 Å². The second-order valence-electron chi connectivity index (χ2n) is 4.02. The van der Waals surface area contributed by atoms with Gasteiger partial charge in [-0.2, -0.15) is 5.26 Å². The summed E-state index contributed by atoms with van der Waals surface area (Å²) in [6.45, 7) is 4.78. The minimum atomic E-state index is -0.439. The van der Waals surface area contributed by atoms with Crippen molar-refractivity contribution < 1.29 is 4.39 Å². The average Bonchev–Trinajstić information content (AvgIpc) is 2.29. The zero-order valence-corrected chi connectivity index (χ0v) is 9.20. The summed E-state index contributed by atoms with van der Waals surface area (Å²) in [6.07, 6.45) is 0. The number of nitrogens with zero attached hydrogens (tertiary/aromatic N) is 2. The highest BCUT2D eigenvalue weighted by Gasteiger charge is 2.18. The van der Waals surface area contributed by atoms with Crippen LogP contribution in [0.2, 0.25) is 0 Å². The van der Waals surface area contributed by atoms with E-state index in [1.807, 2.05) is 12.1 Å². The first kappa shape index (κ1) is 10.9. The van der Waals surface area contributed by atoms with E-state index in [0.717, 1.165) is 25.3 Å². The number of nitriles is 1. The smallest absolute Gasteiger partial charge is 0.143 e. The van der Waals surface area contributed by atoms with Gasteiger partial charge in [-0.3, -0.25) is 0 Å². The average molecular weight is 219 g/mol. The summed E-state index contributed by atoms with van der Waals surface area (Å²) in [5.41, 5.74) is 0.956. The predicted octanol–water partition coefficient (Wildman–Crippen LogP) is 1.50. The lowest BCUT2D eigenvalue weighted by molar-refractivity contribution is 0.499. The van der Waals surface area contributed by atoms with Gasteiger partial charge in [-0.05, 0) is 25.1 Å². The number of hydrogen-bond donors (Lipinski definition) is 1. The lowest BCUT2D eigenvalue weighted by Gasteiger charge is -2.35. The number of benzene rings is 1. The molecular formula is C12H14FN3. The van der Waals surface area contributed by atoms with E-state index < -0.39 is 5.82 Å². The molecule has 1 atom stereocenters. The van der Waals surface area contributed by atoms with Crippen LogP contribution in [0.5, 0.6) is 0 Å². The van der Waals surface area contributed by atoms with Crippen molar-refractivity contribution >= 4 is 5.69 Å². The van der Waals surface area contributed by atoms with Crippen molar-refractivity contribution in [2.75, 3.05) is 24.5 Å². The van der Waals surface area contributed by atoms with Gasteiger partial charge >= 0.3 is 0 Å². The van der Waals surface area contributed by atoms with Gasteiger partial charge in [0.05, 0.1) is 5.56 Å². The topological polar surface area (TPSA) is 39.1 Å². The standard InChI is InChI=1S/C12H14FN3/c1-9-8-15-4-5-16(9)11-3-2-10(7-14)12(13)6-11/h2-3,6,9,15H,4-5,8H2,1H3/t9-/m0/s1. The van der Waals surface area contributed by atoms with Gasteiger partial charge in [0.2, 0.25) is 0 Å². The Morgan fingerprint density at radius 2 is 2.38 bits per heavy atom. The number of nitrogens with one attached hydrogen (secondary N) is 1. The Balaban J connectivity index is 2.27. The lowest BCUT2D eigenvalue weighted by atomic mass is 10.1. The number of hydrogen-bond acceptors (Lipinski definition) is 3. The van der Waals surface area contributed by atoms with Crippen LogP contribution >= 0.6 is 0 Å². The summed E-state index contributed by atoms with van der Waals surface area (Å²) in [6, 6.07) is 6.97. The highest BCUT2D eigenvalue weighted by Crippen LogP contribution is 2.21. The Hall–Kier alpha value is -1.60. The van der Waals surface area contributed by atoms with Crippen LogP contribution in [0, 0.1) is 17.1 Å². The molecule has 0 aliphatic carbocycles. The summed E-state index contributed by atoms with van der Waals surface area (Å²) in [5, 5.41) is 11.9. The molecule has 0 bridgehead atoms. The molecule has 1 N–H and O–H groups in total. The molecule has 1 saturated heterocycles. The predicted molar refractivity (Wildman–Crippen MR) is 60.8 cm³/mol. The van der Waals surface area contributed by atoms with E-state index in [4.69, 9.17) is 5.26 Å². The molecule has 3 nitrogen and oxygen atoms in total. The van der Waals surface area contributed by atoms with Gasteiger partial charge in [-0.1, -0.05) is 0 Å². The van der Waals surface area contributed by atoms with Gasteiger partial charge in [-0.25, -0.2) is 4.39 Å². The minimum absolute atomic E-state index is 0.103. The van der Waals surface area contributed by atoms with Crippen LogP contribution in [0.4, 0.5) is 10.1 Å². The molecular weight excluding hydrogens is 205 g/mol. The van der Waals surface area contributed by atoms with Crippen molar-refractivity contribution in [3.63, 3.8) is 0 Å². The van der Waals surface area contributed by atoms with E-state index in [0.29, 0.717) is 6.04 Å². The number of halogens is 1. The fourth-order valence-electron chi connectivity index (χ4n) is 2.00. The van der Waals surface area contributed by atoms with Crippen LogP contribution in [-0.4, -0.2) is 25.7 Å². The molecule has 84 valence electrons. The van der Waals surface area contributed by atoms with E-state index in [9.17, 15) is 4.39 Å². The van der Waals surface area contributed by atoms with Gasteiger partial charge in [0.1, 0.15) is 11.9 Å². The van der Waals surface area contributed by atoms with Crippen molar-refractivity contribution in [1.29, 1.82) is 5.26 Å². The van der Waals surface area contributed by atoms with E-state index in [2.05, 4.69) is 17.1 Å². The Labute approximate surface area is 94.5 Å². The van der Waals surface area contributed by atoms with Gasteiger partial charge < -0.3 is 10.2 Å². The molecule has 0 unspecified atom stereocenters. The maximum atomic E-state index is 13.5.